The van der Waals surface area contributed by atoms with Crippen LogP contribution in [0.15, 0.2) is 59.4 Å². The van der Waals surface area contributed by atoms with Crippen molar-refractivity contribution >= 4 is 5.91 Å². The number of aromatic nitrogens is 3. The lowest BCUT2D eigenvalue weighted by atomic mass is 10.2. The molecule has 3 aromatic rings. The van der Waals surface area contributed by atoms with Gasteiger partial charge in [0.1, 0.15) is 5.82 Å². The SMILES string of the molecule is Cn1c(-c2ccccc2)nn(CCNC(=O)c2ccc(F)cc2)c1=O. The first-order valence-electron chi connectivity index (χ1n) is 7.79. The molecule has 1 aromatic heterocycles. The molecule has 7 heteroatoms. The van der Waals surface area contributed by atoms with Gasteiger partial charge >= 0.3 is 5.69 Å². The molecule has 3 rings (SSSR count). The second-order valence-electron chi connectivity index (χ2n) is 5.52. The molecular formula is C18H17FN4O2. The van der Waals surface area contributed by atoms with E-state index in [1.807, 2.05) is 30.3 Å². The maximum Gasteiger partial charge on any atom is 0.345 e. The van der Waals surface area contributed by atoms with Crippen LogP contribution >= 0.6 is 0 Å². The van der Waals surface area contributed by atoms with Crippen molar-refractivity contribution in [1.82, 2.24) is 19.7 Å². The highest BCUT2D eigenvalue weighted by molar-refractivity contribution is 5.94. The number of benzene rings is 2. The van der Waals surface area contributed by atoms with Crippen molar-refractivity contribution < 1.29 is 9.18 Å². The highest BCUT2D eigenvalue weighted by atomic mass is 19.1. The lowest BCUT2D eigenvalue weighted by molar-refractivity contribution is 0.0951. The second-order valence-corrected chi connectivity index (χ2v) is 5.52. The molecule has 0 spiro atoms. The van der Waals surface area contributed by atoms with Gasteiger partial charge in [0.05, 0.1) is 6.54 Å². The van der Waals surface area contributed by atoms with Gasteiger partial charge in [-0.1, -0.05) is 30.3 Å². The molecule has 6 nitrogen and oxygen atoms in total. The van der Waals surface area contributed by atoms with Crippen LogP contribution in [0.4, 0.5) is 4.39 Å². The number of nitrogens with zero attached hydrogens (tertiary/aromatic N) is 3. The van der Waals surface area contributed by atoms with E-state index in [1.54, 1.807) is 7.05 Å². The molecule has 0 aliphatic rings. The first kappa shape index (κ1) is 16.6. The molecule has 25 heavy (non-hydrogen) atoms. The average Bonchev–Trinajstić information content (AvgIpc) is 2.91. The Bertz CT molecular complexity index is 930. The fourth-order valence-electron chi connectivity index (χ4n) is 2.45. The molecule has 0 radical (unpaired) electrons. The monoisotopic (exact) mass is 340 g/mol. The highest BCUT2D eigenvalue weighted by Gasteiger charge is 2.12. The Hall–Kier alpha value is -3.22. The van der Waals surface area contributed by atoms with Gasteiger partial charge in [-0.05, 0) is 24.3 Å². The summed E-state index contributed by atoms with van der Waals surface area (Å²) in [5.41, 5.74) is 0.950. The van der Waals surface area contributed by atoms with Crippen molar-refractivity contribution in [2.24, 2.45) is 7.05 Å². The predicted molar refractivity (Wildman–Crippen MR) is 91.6 cm³/mol. The number of rotatable bonds is 5. The maximum absolute atomic E-state index is 12.9. The van der Waals surface area contributed by atoms with Crippen LogP contribution in [0.2, 0.25) is 0 Å². The Balaban J connectivity index is 1.67. The molecule has 0 unspecified atom stereocenters. The van der Waals surface area contributed by atoms with Gasteiger partial charge in [0, 0.05) is 24.7 Å². The van der Waals surface area contributed by atoms with Gasteiger partial charge in [-0.15, -0.1) is 5.10 Å². The zero-order valence-electron chi connectivity index (χ0n) is 13.6. The Morgan fingerprint density at radius 1 is 1.12 bits per heavy atom. The fraction of sp³-hybridized carbons (Fsp3) is 0.167. The summed E-state index contributed by atoms with van der Waals surface area (Å²) < 4.78 is 15.6. The van der Waals surface area contributed by atoms with E-state index in [1.165, 1.54) is 33.5 Å². The van der Waals surface area contributed by atoms with Gasteiger partial charge in [0.25, 0.3) is 5.91 Å². The molecule has 1 N–H and O–H groups in total. The average molecular weight is 340 g/mol. The van der Waals surface area contributed by atoms with Crippen LogP contribution < -0.4 is 11.0 Å². The lowest BCUT2D eigenvalue weighted by Gasteiger charge is -2.04. The lowest BCUT2D eigenvalue weighted by Crippen LogP contribution is -2.31. The van der Waals surface area contributed by atoms with Crippen molar-refractivity contribution in [2.75, 3.05) is 6.54 Å². The number of hydrogen-bond donors (Lipinski definition) is 1. The summed E-state index contributed by atoms with van der Waals surface area (Å²) in [6, 6.07) is 14.7. The Morgan fingerprint density at radius 3 is 2.48 bits per heavy atom. The summed E-state index contributed by atoms with van der Waals surface area (Å²) in [6.07, 6.45) is 0. The van der Waals surface area contributed by atoms with E-state index < -0.39 is 5.82 Å². The van der Waals surface area contributed by atoms with Gasteiger partial charge in [0.2, 0.25) is 0 Å². The molecule has 1 amide bonds. The van der Waals surface area contributed by atoms with E-state index in [9.17, 15) is 14.0 Å². The van der Waals surface area contributed by atoms with Crippen molar-refractivity contribution in [3.05, 3.63) is 76.5 Å². The van der Waals surface area contributed by atoms with E-state index in [0.29, 0.717) is 11.4 Å². The fourth-order valence-corrected chi connectivity index (χ4v) is 2.45. The summed E-state index contributed by atoms with van der Waals surface area (Å²) in [7, 11) is 1.66. The number of hydrogen-bond acceptors (Lipinski definition) is 3. The predicted octanol–water partition coefficient (Wildman–Crippen LogP) is 1.82. The first-order chi connectivity index (χ1) is 12.1. The van der Waals surface area contributed by atoms with Gasteiger partial charge in [-0.25, -0.2) is 13.9 Å². The smallest absolute Gasteiger partial charge is 0.345 e. The van der Waals surface area contributed by atoms with Crippen LogP contribution in [0.3, 0.4) is 0 Å². The van der Waals surface area contributed by atoms with Gasteiger partial charge < -0.3 is 5.32 Å². The molecule has 0 saturated heterocycles. The molecule has 0 bridgehead atoms. The number of carbonyl (C=O) groups is 1. The normalized spacial score (nSPS) is 10.6. The molecular weight excluding hydrogens is 323 g/mol. The molecule has 128 valence electrons. The zero-order valence-corrected chi connectivity index (χ0v) is 13.6. The van der Waals surface area contributed by atoms with Crippen LogP contribution in [0, 0.1) is 5.82 Å². The summed E-state index contributed by atoms with van der Waals surface area (Å²) >= 11 is 0. The van der Waals surface area contributed by atoms with Crippen LogP contribution in [0.1, 0.15) is 10.4 Å². The maximum atomic E-state index is 12.9. The first-order valence-corrected chi connectivity index (χ1v) is 7.79. The quantitative estimate of drug-likeness (QED) is 0.770. The molecule has 0 aliphatic heterocycles. The van der Waals surface area contributed by atoms with Gasteiger partial charge in [0.15, 0.2) is 5.82 Å². The van der Waals surface area contributed by atoms with E-state index >= 15 is 0 Å². The molecule has 0 aliphatic carbocycles. The number of amides is 1. The summed E-state index contributed by atoms with van der Waals surface area (Å²) in [5.74, 6) is -0.159. The summed E-state index contributed by atoms with van der Waals surface area (Å²) in [5, 5.41) is 7.02. The summed E-state index contributed by atoms with van der Waals surface area (Å²) in [6.45, 7) is 0.480. The third-order valence-electron chi connectivity index (χ3n) is 3.79. The van der Waals surface area contributed by atoms with E-state index in [2.05, 4.69) is 10.4 Å². The van der Waals surface area contributed by atoms with Crippen molar-refractivity contribution in [3.8, 4) is 11.4 Å². The van der Waals surface area contributed by atoms with Crippen molar-refractivity contribution in [3.63, 3.8) is 0 Å². The van der Waals surface area contributed by atoms with E-state index in [4.69, 9.17) is 0 Å². The topological polar surface area (TPSA) is 68.9 Å². The summed E-state index contributed by atoms with van der Waals surface area (Å²) in [4.78, 5) is 24.2. The molecule has 0 atom stereocenters. The Morgan fingerprint density at radius 2 is 1.80 bits per heavy atom. The Labute approximate surface area is 143 Å². The second kappa shape index (κ2) is 7.12. The largest absolute Gasteiger partial charge is 0.350 e. The molecule has 0 saturated carbocycles. The standard InChI is InChI=1S/C18H17FN4O2/c1-22-16(13-5-3-2-4-6-13)21-23(18(22)25)12-11-20-17(24)14-7-9-15(19)10-8-14/h2-10H,11-12H2,1H3,(H,20,24). The number of carbonyl (C=O) groups excluding carboxylic acids is 1. The molecule has 1 heterocycles. The molecule has 0 fully saturated rings. The third-order valence-corrected chi connectivity index (χ3v) is 3.79. The minimum Gasteiger partial charge on any atom is -0.350 e. The van der Waals surface area contributed by atoms with Gasteiger partial charge in [-0.2, -0.15) is 0 Å². The minimum atomic E-state index is -0.398. The number of nitrogens with one attached hydrogen (secondary N) is 1. The van der Waals surface area contributed by atoms with E-state index in [0.717, 1.165) is 5.56 Å². The van der Waals surface area contributed by atoms with Crippen LogP contribution in [-0.4, -0.2) is 26.8 Å². The van der Waals surface area contributed by atoms with Crippen LogP contribution in [-0.2, 0) is 13.6 Å². The highest BCUT2D eigenvalue weighted by Crippen LogP contribution is 2.13. The van der Waals surface area contributed by atoms with Crippen LogP contribution in [0.25, 0.3) is 11.4 Å². The molecule has 2 aromatic carbocycles. The zero-order chi connectivity index (χ0) is 17.8. The number of halogens is 1. The minimum absolute atomic E-state index is 0.237. The van der Waals surface area contributed by atoms with Crippen molar-refractivity contribution in [1.29, 1.82) is 0 Å². The Kier molecular flexibility index (Phi) is 4.74. The third kappa shape index (κ3) is 3.65. The van der Waals surface area contributed by atoms with Crippen LogP contribution in [0.5, 0.6) is 0 Å². The van der Waals surface area contributed by atoms with Crippen molar-refractivity contribution in [2.45, 2.75) is 6.54 Å². The van der Waals surface area contributed by atoms with E-state index in [-0.39, 0.29) is 24.7 Å². The van der Waals surface area contributed by atoms with Gasteiger partial charge in [-0.3, -0.25) is 9.36 Å².